The number of hydrogen-bond donors (Lipinski definition) is 1. The standard InChI is InChI=1S/C13H13NO3/c15-13(16)10-6-14(7-10)8-11-5-9-3-1-2-4-12(9)17-11/h1-5,10H,6-8H2,(H,15,16). The second kappa shape index (κ2) is 3.89. The number of likely N-dealkylation sites (tertiary alicyclic amines) is 1. The highest BCUT2D eigenvalue weighted by Gasteiger charge is 2.32. The molecule has 1 aliphatic rings. The first-order chi connectivity index (χ1) is 8.22. The topological polar surface area (TPSA) is 53.7 Å². The molecule has 3 rings (SSSR count). The second-order valence-corrected chi connectivity index (χ2v) is 4.48. The molecular weight excluding hydrogens is 218 g/mol. The Balaban J connectivity index is 1.68. The minimum atomic E-state index is -0.703. The number of rotatable bonds is 3. The number of hydrogen-bond acceptors (Lipinski definition) is 3. The summed E-state index contributed by atoms with van der Waals surface area (Å²) in [5.41, 5.74) is 0.887. The van der Waals surface area contributed by atoms with E-state index in [1.807, 2.05) is 30.3 Å². The molecule has 2 heterocycles. The smallest absolute Gasteiger partial charge is 0.309 e. The Labute approximate surface area is 98.4 Å². The molecule has 88 valence electrons. The third kappa shape index (κ3) is 1.91. The molecule has 4 heteroatoms. The van der Waals surface area contributed by atoms with Gasteiger partial charge >= 0.3 is 5.97 Å². The van der Waals surface area contributed by atoms with Crippen molar-refractivity contribution in [1.82, 2.24) is 4.90 Å². The van der Waals surface area contributed by atoms with Gasteiger partial charge in [0.05, 0.1) is 12.5 Å². The highest BCUT2D eigenvalue weighted by atomic mass is 16.4. The van der Waals surface area contributed by atoms with Crippen LogP contribution in [0.3, 0.4) is 0 Å². The van der Waals surface area contributed by atoms with Gasteiger partial charge in [-0.2, -0.15) is 0 Å². The van der Waals surface area contributed by atoms with Crippen LogP contribution in [0, 0.1) is 5.92 Å². The normalized spacial score (nSPS) is 17.2. The number of furan rings is 1. The van der Waals surface area contributed by atoms with E-state index in [4.69, 9.17) is 9.52 Å². The summed E-state index contributed by atoms with van der Waals surface area (Å²) >= 11 is 0. The lowest BCUT2D eigenvalue weighted by atomic mass is 10.0. The molecule has 4 nitrogen and oxygen atoms in total. The van der Waals surface area contributed by atoms with Crippen molar-refractivity contribution in [2.24, 2.45) is 5.92 Å². The third-order valence-electron chi connectivity index (χ3n) is 3.16. The van der Waals surface area contributed by atoms with Gasteiger partial charge in [0, 0.05) is 18.5 Å². The highest BCUT2D eigenvalue weighted by Crippen LogP contribution is 2.23. The number of para-hydroxylation sites is 1. The van der Waals surface area contributed by atoms with Gasteiger partial charge in [-0.05, 0) is 12.1 Å². The van der Waals surface area contributed by atoms with E-state index >= 15 is 0 Å². The number of nitrogens with zero attached hydrogens (tertiary/aromatic N) is 1. The van der Waals surface area contributed by atoms with E-state index < -0.39 is 5.97 Å². The van der Waals surface area contributed by atoms with Gasteiger partial charge in [0.15, 0.2) is 0 Å². The summed E-state index contributed by atoms with van der Waals surface area (Å²) in [6.07, 6.45) is 0. The minimum absolute atomic E-state index is 0.209. The summed E-state index contributed by atoms with van der Waals surface area (Å²) in [6.45, 7) is 1.93. The van der Waals surface area contributed by atoms with Crippen LogP contribution in [0.2, 0.25) is 0 Å². The van der Waals surface area contributed by atoms with Crippen LogP contribution in [0.1, 0.15) is 5.76 Å². The van der Waals surface area contributed by atoms with Crippen molar-refractivity contribution < 1.29 is 14.3 Å². The monoisotopic (exact) mass is 231 g/mol. The average Bonchev–Trinajstić information content (AvgIpc) is 2.64. The SMILES string of the molecule is O=C(O)C1CN(Cc2cc3ccccc3o2)C1. The molecule has 2 aromatic rings. The van der Waals surface area contributed by atoms with E-state index in [1.54, 1.807) is 0 Å². The zero-order valence-electron chi connectivity index (χ0n) is 9.30. The summed E-state index contributed by atoms with van der Waals surface area (Å²) in [7, 11) is 0. The molecular formula is C13H13NO3. The van der Waals surface area contributed by atoms with Crippen molar-refractivity contribution in [3.63, 3.8) is 0 Å². The molecule has 0 spiro atoms. The molecule has 0 atom stereocenters. The largest absolute Gasteiger partial charge is 0.481 e. The van der Waals surface area contributed by atoms with Crippen LogP contribution < -0.4 is 0 Å². The molecule has 1 aromatic heterocycles. The Hall–Kier alpha value is -1.81. The Morgan fingerprint density at radius 1 is 1.41 bits per heavy atom. The van der Waals surface area contributed by atoms with Crippen LogP contribution in [0.5, 0.6) is 0 Å². The number of carboxylic acid groups (broad SMARTS) is 1. The van der Waals surface area contributed by atoms with Crippen LogP contribution in [-0.4, -0.2) is 29.1 Å². The average molecular weight is 231 g/mol. The van der Waals surface area contributed by atoms with Crippen molar-refractivity contribution in [2.45, 2.75) is 6.54 Å². The number of carbonyl (C=O) groups is 1. The van der Waals surface area contributed by atoms with Crippen LogP contribution in [0.15, 0.2) is 34.7 Å². The van der Waals surface area contributed by atoms with Gasteiger partial charge in [0.2, 0.25) is 0 Å². The van der Waals surface area contributed by atoms with Crippen LogP contribution >= 0.6 is 0 Å². The Morgan fingerprint density at radius 2 is 2.18 bits per heavy atom. The van der Waals surface area contributed by atoms with Crippen molar-refractivity contribution in [3.05, 3.63) is 36.1 Å². The highest BCUT2D eigenvalue weighted by molar-refractivity contribution is 5.77. The van der Waals surface area contributed by atoms with E-state index in [1.165, 1.54) is 0 Å². The summed E-state index contributed by atoms with van der Waals surface area (Å²) in [5.74, 6) is -0.0136. The molecule has 1 aromatic carbocycles. The third-order valence-corrected chi connectivity index (χ3v) is 3.16. The molecule has 0 aliphatic carbocycles. The maximum atomic E-state index is 10.7. The number of carboxylic acids is 1. The number of fused-ring (bicyclic) bond motifs is 1. The summed E-state index contributed by atoms with van der Waals surface area (Å²) in [5, 5.41) is 9.88. The van der Waals surface area contributed by atoms with Crippen LogP contribution in [0.4, 0.5) is 0 Å². The van der Waals surface area contributed by atoms with Gasteiger partial charge in [-0.25, -0.2) is 0 Å². The van der Waals surface area contributed by atoms with Gasteiger partial charge in [-0.1, -0.05) is 18.2 Å². The van der Waals surface area contributed by atoms with E-state index in [2.05, 4.69) is 4.90 Å². The van der Waals surface area contributed by atoms with Gasteiger partial charge < -0.3 is 9.52 Å². The lowest BCUT2D eigenvalue weighted by Crippen LogP contribution is -2.49. The first kappa shape index (κ1) is 10.4. The molecule has 1 N–H and O–H groups in total. The number of benzene rings is 1. The molecule has 0 saturated carbocycles. The maximum absolute atomic E-state index is 10.7. The lowest BCUT2D eigenvalue weighted by molar-refractivity contribution is -0.147. The van der Waals surface area contributed by atoms with Crippen LogP contribution in [0.25, 0.3) is 11.0 Å². The Bertz CT molecular complexity index is 522. The van der Waals surface area contributed by atoms with Crippen molar-refractivity contribution in [1.29, 1.82) is 0 Å². The molecule has 1 aliphatic heterocycles. The van der Waals surface area contributed by atoms with Crippen molar-refractivity contribution in [3.8, 4) is 0 Å². The minimum Gasteiger partial charge on any atom is -0.481 e. The first-order valence-electron chi connectivity index (χ1n) is 5.65. The summed E-state index contributed by atoms with van der Waals surface area (Å²) in [4.78, 5) is 12.8. The first-order valence-corrected chi connectivity index (χ1v) is 5.65. The van der Waals surface area contributed by atoms with Crippen molar-refractivity contribution >= 4 is 16.9 Å². The fourth-order valence-corrected chi connectivity index (χ4v) is 2.19. The molecule has 1 saturated heterocycles. The van der Waals surface area contributed by atoms with Gasteiger partial charge in [0.25, 0.3) is 0 Å². The molecule has 17 heavy (non-hydrogen) atoms. The maximum Gasteiger partial charge on any atom is 0.309 e. The molecule has 0 unspecified atom stereocenters. The summed E-state index contributed by atoms with van der Waals surface area (Å²) < 4.78 is 5.68. The number of aliphatic carboxylic acids is 1. The lowest BCUT2D eigenvalue weighted by Gasteiger charge is -2.35. The van der Waals surface area contributed by atoms with Gasteiger partial charge in [0.1, 0.15) is 11.3 Å². The predicted octanol–water partition coefficient (Wildman–Crippen LogP) is 1.95. The second-order valence-electron chi connectivity index (χ2n) is 4.48. The van der Waals surface area contributed by atoms with Crippen molar-refractivity contribution in [2.75, 3.05) is 13.1 Å². The molecule has 0 radical (unpaired) electrons. The van der Waals surface area contributed by atoms with E-state index in [0.717, 1.165) is 16.7 Å². The van der Waals surface area contributed by atoms with E-state index in [0.29, 0.717) is 19.6 Å². The summed E-state index contributed by atoms with van der Waals surface area (Å²) in [6, 6.07) is 9.89. The zero-order valence-corrected chi connectivity index (χ0v) is 9.30. The van der Waals surface area contributed by atoms with E-state index in [-0.39, 0.29) is 5.92 Å². The molecule has 1 fully saturated rings. The quantitative estimate of drug-likeness (QED) is 0.877. The zero-order chi connectivity index (χ0) is 11.8. The van der Waals surface area contributed by atoms with Crippen LogP contribution in [-0.2, 0) is 11.3 Å². The van der Waals surface area contributed by atoms with E-state index in [9.17, 15) is 4.79 Å². The van der Waals surface area contributed by atoms with Gasteiger partial charge in [-0.15, -0.1) is 0 Å². The Kier molecular flexibility index (Phi) is 2.37. The predicted molar refractivity (Wildman–Crippen MR) is 62.6 cm³/mol. The fraction of sp³-hybridized carbons (Fsp3) is 0.308. The Morgan fingerprint density at radius 3 is 2.88 bits per heavy atom. The molecule has 0 bridgehead atoms. The fourth-order valence-electron chi connectivity index (χ4n) is 2.19. The van der Waals surface area contributed by atoms with Gasteiger partial charge in [-0.3, -0.25) is 9.69 Å². The molecule has 0 amide bonds.